The molecule has 1 aromatic rings. The average Bonchev–Trinajstić information content (AvgIpc) is 2.32. The highest BCUT2D eigenvalue weighted by atomic mass is 32.1. The monoisotopic (exact) mass is 244 g/mol. The Morgan fingerprint density at radius 3 is 2.75 bits per heavy atom. The zero-order valence-corrected chi connectivity index (χ0v) is 10.0. The molecule has 0 saturated carbocycles. The van der Waals surface area contributed by atoms with Gasteiger partial charge in [-0.1, -0.05) is 12.2 Å². The van der Waals surface area contributed by atoms with E-state index in [0.717, 1.165) is 7.11 Å². The Balaban J connectivity index is 0.00000106. The maximum Gasteiger partial charge on any atom is 0.254 e. The molecule has 0 fully saturated rings. The van der Waals surface area contributed by atoms with Crippen LogP contribution in [0.3, 0.4) is 0 Å². The highest BCUT2D eigenvalue weighted by molar-refractivity contribution is 7.71. The lowest BCUT2D eigenvalue weighted by atomic mass is 10.2. The number of hydrogen-bond donors (Lipinski definition) is 4. The molecule has 5 nitrogen and oxygen atoms in total. The molecule has 1 atom stereocenters. The zero-order chi connectivity index (χ0) is 12.6. The van der Waals surface area contributed by atoms with E-state index in [1.807, 2.05) is 0 Å². The summed E-state index contributed by atoms with van der Waals surface area (Å²) in [6, 6.07) is 3.07. The normalized spacial score (nSPS) is 11.0. The summed E-state index contributed by atoms with van der Waals surface area (Å²) < 4.78 is 0.398. The van der Waals surface area contributed by atoms with Crippen molar-refractivity contribution in [1.29, 1.82) is 0 Å². The molecule has 1 aromatic heterocycles. The fourth-order valence-electron chi connectivity index (χ4n) is 0.948. The van der Waals surface area contributed by atoms with Crippen molar-refractivity contribution in [2.45, 2.75) is 13.0 Å². The van der Waals surface area contributed by atoms with Crippen LogP contribution in [0.2, 0.25) is 0 Å². The van der Waals surface area contributed by atoms with Gasteiger partial charge in [0.1, 0.15) is 4.64 Å². The first kappa shape index (κ1) is 14.8. The quantitative estimate of drug-likeness (QED) is 0.582. The van der Waals surface area contributed by atoms with Gasteiger partial charge in [0.05, 0.1) is 12.2 Å². The number of aliphatic hydroxyl groups excluding tert-OH is 2. The smallest absolute Gasteiger partial charge is 0.254 e. The van der Waals surface area contributed by atoms with Gasteiger partial charge >= 0.3 is 0 Å². The van der Waals surface area contributed by atoms with Crippen molar-refractivity contribution in [3.8, 4) is 0 Å². The number of rotatable bonds is 3. The molecule has 0 saturated heterocycles. The first-order valence-electron chi connectivity index (χ1n) is 4.69. The molecule has 16 heavy (non-hydrogen) atoms. The summed E-state index contributed by atoms with van der Waals surface area (Å²) in [5.74, 6) is -0.270. The zero-order valence-electron chi connectivity index (χ0n) is 9.23. The van der Waals surface area contributed by atoms with Crippen LogP contribution in [-0.4, -0.2) is 40.9 Å². The van der Waals surface area contributed by atoms with Crippen LogP contribution in [0.25, 0.3) is 0 Å². The molecule has 6 heteroatoms. The molecule has 4 N–H and O–H groups in total. The minimum absolute atomic E-state index is 0.0882. The van der Waals surface area contributed by atoms with Crippen LogP contribution in [0.4, 0.5) is 0 Å². The molecule has 0 bridgehead atoms. The molecule has 0 spiro atoms. The summed E-state index contributed by atoms with van der Waals surface area (Å²) in [5, 5.41) is 18.4. The second-order valence-corrected chi connectivity index (χ2v) is 3.38. The number of aromatic nitrogens is 1. The van der Waals surface area contributed by atoms with Crippen molar-refractivity contribution in [3.63, 3.8) is 0 Å². The molecule has 0 aliphatic rings. The maximum absolute atomic E-state index is 11.5. The molecule has 1 heterocycles. The van der Waals surface area contributed by atoms with Crippen LogP contribution in [0.5, 0.6) is 0 Å². The van der Waals surface area contributed by atoms with E-state index in [1.54, 1.807) is 25.3 Å². The summed E-state index contributed by atoms with van der Waals surface area (Å²) in [6.45, 7) is 1.63. The minimum Gasteiger partial charge on any atom is -0.400 e. The summed E-state index contributed by atoms with van der Waals surface area (Å²) in [5.41, 5.74) is 0.419. The highest BCUT2D eigenvalue weighted by Gasteiger charge is 2.09. The number of carbonyl (C=O) groups is 1. The van der Waals surface area contributed by atoms with Crippen molar-refractivity contribution < 1.29 is 15.0 Å². The van der Waals surface area contributed by atoms with Gasteiger partial charge in [0, 0.05) is 19.3 Å². The van der Waals surface area contributed by atoms with E-state index < -0.39 is 0 Å². The summed E-state index contributed by atoms with van der Waals surface area (Å²) >= 11 is 4.94. The SMILES string of the molecule is CC(CO)NC(=O)c1ccc[nH]c1=S.CO. The predicted octanol–water partition coefficient (Wildman–Crippen LogP) is 0.463. The van der Waals surface area contributed by atoms with E-state index in [1.165, 1.54) is 0 Å². The Labute approximate surface area is 99.1 Å². The summed E-state index contributed by atoms with van der Waals surface area (Å²) in [7, 11) is 1.00. The van der Waals surface area contributed by atoms with E-state index >= 15 is 0 Å². The molecule has 1 amide bonds. The molecule has 0 aliphatic carbocycles. The molecular formula is C10H16N2O3S. The Hall–Kier alpha value is -1.24. The van der Waals surface area contributed by atoms with Gasteiger partial charge in [-0.05, 0) is 19.1 Å². The lowest BCUT2D eigenvalue weighted by molar-refractivity contribution is 0.0921. The number of nitrogens with one attached hydrogen (secondary N) is 2. The van der Waals surface area contributed by atoms with Crippen molar-refractivity contribution >= 4 is 18.1 Å². The van der Waals surface area contributed by atoms with Crippen LogP contribution in [0.1, 0.15) is 17.3 Å². The highest BCUT2D eigenvalue weighted by Crippen LogP contribution is 1.99. The fourth-order valence-corrected chi connectivity index (χ4v) is 1.18. The van der Waals surface area contributed by atoms with Crippen LogP contribution < -0.4 is 5.32 Å². The van der Waals surface area contributed by atoms with E-state index in [9.17, 15) is 4.79 Å². The third kappa shape index (κ3) is 4.52. The van der Waals surface area contributed by atoms with Gasteiger partial charge in [0.2, 0.25) is 0 Å². The van der Waals surface area contributed by atoms with Gasteiger partial charge in [0.25, 0.3) is 5.91 Å². The Kier molecular flexibility index (Phi) is 7.36. The lowest BCUT2D eigenvalue weighted by Gasteiger charge is -2.10. The van der Waals surface area contributed by atoms with Gasteiger partial charge in [-0.3, -0.25) is 4.79 Å². The number of carbonyl (C=O) groups excluding carboxylic acids is 1. The van der Waals surface area contributed by atoms with Gasteiger partial charge in [-0.25, -0.2) is 0 Å². The second kappa shape index (κ2) is 7.98. The third-order valence-electron chi connectivity index (χ3n) is 1.71. The predicted molar refractivity (Wildman–Crippen MR) is 63.8 cm³/mol. The molecule has 0 aliphatic heterocycles. The Bertz CT molecular complexity index is 378. The van der Waals surface area contributed by atoms with Crippen molar-refractivity contribution in [2.24, 2.45) is 0 Å². The number of aromatic amines is 1. The second-order valence-electron chi connectivity index (χ2n) is 2.97. The first-order chi connectivity index (χ1) is 7.65. The average molecular weight is 244 g/mol. The van der Waals surface area contributed by atoms with Crippen molar-refractivity contribution in [2.75, 3.05) is 13.7 Å². The standard InChI is InChI=1S/C9H12N2O2S.CH4O/c1-6(5-12)11-8(13)7-3-2-4-10-9(7)14;1-2/h2-4,6,12H,5H2,1H3,(H,10,14)(H,11,13);2H,1H3. The van der Waals surface area contributed by atoms with Gasteiger partial charge < -0.3 is 20.5 Å². The number of pyridine rings is 1. The van der Waals surface area contributed by atoms with Crippen molar-refractivity contribution in [1.82, 2.24) is 10.3 Å². The summed E-state index contributed by atoms with van der Waals surface area (Å²) in [4.78, 5) is 14.3. The number of aliphatic hydroxyl groups is 2. The first-order valence-corrected chi connectivity index (χ1v) is 5.10. The van der Waals surface area contributed by atoms with Crippen LogP contribution in [0.15, 0.2) is 18.3 Å². The third-order valence-corrected chi connectivity index (χ3v) is 2.05. The molecule has 1 rings (SSSR count). The van der Waals surface area contributed by atoms with E-state index in [2.05, 4.69) is 10.3 Å². The number of hydrogen-bond acceptors (Lipinski definition) is 4. The molecular weight excluding hydrogens is 228 g/mol. The van der Waals surface area contributed by atoms with Gasteiger partial charge in [-0.15, -0.1) is 0 Å². The van der Waals surface area contributed by atoms with Crippen LogP contribution >= 0.6 is 12.2 Å². The molecule has 0 aromatic carbocycles. The van der Waals surface area contributed by atoms with E-state index in [-0.39, 0.29) is 18.6 Å². The van der Waals surface area contributed by atoms with Crippen molar-refractivity contribution in [3.05, 3.63) is 28.5 Å². The van der Waals surface area contributed by atoms with E-state index in [0.29, 0.717) is 10.2 Å². The van der Waals surface area contributed by atoms with Gasteiger partial charge in [0.15, 0.2) is 0 Å². The number of amides is 1. The van der Waals surface area contributed by atoms with Crippen LogP contribution in [0, 0.1) is 4.64 Å². The maximum atomic E-state index is 11.5. The van der Waals surface area contributed by atoms with Gasteiger partial charge in [-0.2, -0.15) is 0 Å². The summed E-state index contributed by atoms with van der Waals surface area (Å²) in [6.07, 6.45) is 1.66. The largest absolute Gasteiger partial charge is 0.400 e. The minimum atomic E-state index is -0.270. The number of H-pyrrole nitrogens is 1. The molecule has 0 radical (unpaired) electrons. The molecule has 1 unspecified atom stereocenters. The molecule has 90 valence electrons. The Morgan fingerprint density at radius 2 is 2.25 bits per heavy atom. The van der Waals surface area contributed by atoms with Crippen LogP contribution in [-0.2, 0) is 0 Å². The Morgan fingerprint density at radius 1 is 1.62 bits per heavy atom. The topological polar surface area (TPSA) is 85.4 Å². The van der Waals surface area contributed by atoms with E-state index in [4.69, 9.17) is 22.4 Å². The fraction of sp³-hybridized carbons (Fsp3) is 0.400. The lowest BCUT2D eigenvalue weighted by Crippen LogP contribution is -2.35.